The van der Waals surface area contributed by atoms with Gasteiger partial charge in [-0.15, -0.1) is 12.8 Å². The molecule has 0 aromatic heterocycles. The fraction of sp³-hybridized carbons (Fsp3) is 0.200. The minimum absolute atomic E-state index is 0.947. The van der Waals surface area contributed by atoms with Crippen LogP contribution in [0.25, 0.3) is 0 Å². The van der Waals surface area contributed by atoms with Gasteiger partial charge < -0.3 is 0 Å². The predicted molar refractivity (Wildman–Crippen MR) is 85.4 cm³/mol. The Labute approximate surface area is 121 Å². The van der Waals surface area contributed by atoms with E-state index >= 15 is 0 Å². The SMILES string of the molecule is C#Cc1ccc(CCCCc2ccc(C#C)cc2)cc1. The van der Waals surface area contributed by atoms with Crippen LogP contribution in [0, 0.1) is 24.7 Å². The number of rotatable bonds is 5. The second-order valence-electron chi connectivity index (χ2n) is 4.89. The molecule has 98 valence electrons. The first-order valence-electron chi connectivity index (χ1n) is 6.93. The molecular weight excluding hydrogens is 240 g/mol. The third-order valence-electron chi connectivity index (χ3n) is 3.42. The monoisotopic (exact) mass is 258 g/mol. The van der Waals surface area contributed by atoms with Gasteiger partial charge in [0.1, 0.15) is 0 Å². The molecule has 0 unspecified atom stereocenters. The lowest BCUT2D eigenvalue weighted by molar-refractivity contribution is 0.734. The van der Waals surface area contributed by atoms with Crippen LogP contribution in [0.15, 0.2) is 48.5 Å². The lowest BCUT2D eigenvalue weighted by atomic mass is 10.0. The Morgan fingerprint density at radius 2 is 0.950 bits per heavy atom. The van der Waals surface area contributed by atoms with Crippen LogP contribution in [0.1, 0.15) is 35.1 Å². The fourth-order valence-electron chi connectivity index (χ4n) is 2.19. The lowest BCUT2D eigenvalue weighted by Crippen LogP contribution is -1.90. The molecule has 0 aliphatic rings. The summed E-state index contributed by atoms with van der Waals surface area (Å²) < 4.78 is 0. The van der Waals surface area contributed by atoms with Crippen molar-refractivity contribution in [1.82, 2.24) is 0 Å². The van der Waals surface area contributed by atoms with Crippen molar-refractivity contribution in [2.45, 2.75) is 25.7 Å². The summed E-state index contributed by atoms with van der Waals surface area (Å²) in [5, 5.41) is 0. The van der Waals surface area contributed by atoms with E-state index in [2.05, 4.69) is 36.1 Å². The summed E-state index contributed by atoms with van der Waals surface area (Å²) in [6.07, 6.45) is 15.3. The normalized spacial score (nSPS) is 9.70. The minimum Gasteiger partial charge on any atom is -0.115 e. The minimum atomic E-state index is 0.947. The number of terminal acetylenes is 2. The average Bonchev–Trinajstić information content (AvgIpc) is 2.53. The Morgan fingerprint density at radius 1 is 0.600 bits per heavy atom. The molecule has 0 aliphatic heterocycles. The van der Waals surface area contributed by atoms with E-state index in [0.717, 1.165) is 24.0 Å². The van der Waals surface area contributed by atoms with Crippen molar-refractivity contribution in [3.05, 3.63) is 70.8 Å². The number of unbranched alkanes of at least 4 members (excludes halogenated alkanes) is 1. The van der Waals surface area contributed by atoms with Crippen molar-refractivity contribution < 1.29 is 0 Å². The van der Waals surface area contributed by atoms with Crippen LogP contribution >= 0.6 is 0 Å². The van der Waals surface area contributed by atoms with Crippen LogP contribution in [0.4, 0.5) is 0 Å². The summed E-state index contributed by atoms with van der Waals surface area (Å²) in [5.74, 6) is 5.28. The van der Waals surface area contributed by atoms with Crippen molar-refractivity contribution in [2.24, 2.45) is 0 Å². The molecule has 20 heavy (non-hydrogen) atoms. The summed E-state index contributed by atoms with van der Waals surface area (Å²) in [7, 11) is 0. The molecule has 0 saturated carbocycles. The molecule has 2 rings (SSSR count). The van der Waals surface area contributed by atoms with Gasteiger partial charge in [-0.1, -0.05) is 36.1 Å². The highest BCUT2D eigenvalue weighted by Crippen LogP contribution is 2.11. The first-order chi connectivity index (χ1) is 9.81. The molecule has 0 fully saturated rings. The maximum Gasteiger partial charge on any atom is 0.0242 e. The molecule has 2 aromatic carbocycles. The van der Waals surface area contributed by atoms with Gasteiger partial charge in [0, 0.05) is 11.1 Å². The first-order valence-corrected chi connectivity index (χ1v) is 6.93. The molecule has 0 atom stereocenters. The number of benzene rings is 2. The second kappa shape index (κ2) is 7.22. The van der Waals surface area contributed by atoms with E-state index in [1.807, 2.05) is 24.3 Å². The average molecular weight is 258 g/mol. The van der Waals surface area contributed by atoms with Gasteiger partial charge in [0.2, 0.25) is 0 Å². The van der Waals surface area contributed by atoms with E-state index in [4.69, 9.17) is 12.8 Å². The van der Waals surface area contributed by atoms with Crippen LogP contribution in [-0.2, 0) is 12.8 Å². The Bertz CT molecular complexity index is 556. The van der Waals surface area contributed by atoms with Crippen molar-refractivity contribution in [1.29, 1.82) is 0 Å². The number of hydrogen-bond acceptors (Lipinski definition) is 0. The number of hydrogen-bond donors (Lipinski definition) is 0. The molecule has 0 nitrogen and oxygen atoms in total. The summed E-state index contributed by atoms with van der Waals surface area (Å²) in [5.41, 5.74) is 4.60. The molecule has 0 spiro atoms. The van der Waals surface area contributed by atoms with Crippen LogP contribution in [0.2, 0.25) is 0 Å². The van der Waals surface area contributed by atoms with Crippen LogP contribution in [0.5, 0.6) is 0 Å². The van der Waals surface area contributed by atoms with Gasteiger partial charge in [-0.25, -0.2) is 0 Å². The van der Waals surface area contributed by atoms with Crippen molar-refractivity contribution in [3.63, 3.8) is 0 Å². The standard InChI is InChI=1S/C20H18/c1-3-17-9-13-19(14-10-17)7-5-6-8-20-15-11-18(4-2)12-16-20/h1-2,9-16H,5-8H2. The van der Waals surface area contributed by atoms with E-state index in [1.165, 1.54) is 24.0 Å². The molecule has 0 heterocycles. The smallest absolute Gasteiger partial charge is 0.0242 e. The van der Waals surface area contributed by atoms with E-state index in [9.17, 15) is 0 Å². The molecule has 0 aliphatic carbocycles. The summed E-state index contributed by atoms with van der Waals surface area (Å²) in [6.45, 7) is 0. The molecule has 0 heteroatoms. The summed E-state index contributed by atoms with van der Waals surface area (Å²) in [4.78, 5) is 0. The van der Waals surface area contributed by atoms with Crippen molar-refractivity contribution in [3.8, 4) is 24.7 Å². The van der Waals surface area contributed by atoms with E-state index in [1.54, 1.807) is 0 Å². The topological polar surface area (TPSA) is 0 Å². The maximum atomic E-state index is 5.34. The van der Waals surface area contributed by atoms with E-state index in [0.29, 0.717) is 0 Å². The zero-order valence-corrected chi connectivity index (χ0v) is 11.6. The molecule has 0 N–H and O–H groups in total. The van der Waals surface area contributed by atoms with Gasteiger partial charge in [-0.2, -0.15) is 0 Å². The largest absolute Gasteiger partial charge is 0.115 e. The Hall–Kier alpha value is -2.44. The first kappa shape index (κ1) is 14.0. The zero-order valence-electron chi connectivity index (χ0n) is 11.6. The van der Waals surface area contributed by atoms with Gasteiger partial charge >= 0.3 is 0 Å². The zero-order chi connectivity index (χ0) is 14.2. The van der Waals surface area contributed by atoms with Crippen molar-refractivity contribution in [2.75, 3.05) is 0 Å². The molecular formula is C20H18. The Morgan fingerprint density at radius 3 is 1.25 bits per heavy atom. The second-order valence-corrected chi connectivity index (χ2v) is 4.89. The van der Waals surface area contributed by atoms with Gasteiger partial charge in [0.05, 0.1) is 0 Å². The third-order valence-corrected chi connectivity index (χ3v) is 3.42. The Kier molecular flexibility index (Phi) is 5.05. The summed E-state index contributed by atoms with van der Waals surface area (Å²) >= 11 is 0. The predicted octanol–water partition coefficient (Wildman–Crippen LogP) is 4.21. The lowest BCUT2D eigenvalue weighted by Gasteiger charge is -2.03. The van der Waals surface area contributed by atoms with Crippen LogP contribution in [0.3, 0.4) is 0 Å². The molecule has 0 saturated heterocycles. The van der Waals surface area contributed by atoms with Gasteiger partial charge in [-0.3, -0.25) is 0 Å². The van der Waals surface area contributed by atoms with Gasteiger partial charge in [0.25, 0.3) is 0 Å². The highest BCUT2D eigenvalue weighted by Gasteiger charge is 1.96. The number of aryl methyl sites for hydroxylation is 2. The van der Waals surface area contributed by atoms with Crippen LogP contribution < -0.4 is 0 Å². The molecule has 0 radical (unpaired) electrons. The molecule has 0 bridgehead atoms. The van der Waals surface area contributed by atoms with E-state index < -0.39 is 0 Å². The van der Waals surface area contributed by atoms with E-state index in [-0.39, 0.29) is 0 Å². The highest BCUT2D eigenvalue weighted by atomic mass is 14.0. The maximum absolute atomic E-state index is 5.34. The quantitative estimate of drug-likeness (QED) is 0.556. The summed E-state index contributed by atoms with van der Waals surface area (Å²) in [6, 6.07) is 16.5. The van der Waals surface area contributed by atoms with Gasteiger partial charge in [0.15, 0.2) is 0 Å². The Balaban J connectivity index is 1.75. The van der Waals surface area contributed by atoms with Gasteiger partial charge in [-0.05, 0) is 61.1 Å². The van der Waals surface area contributed by atoms with Crippen molar-refractivity contribution >= 4 is 0 Å². The highest BCUT2D eigenvalue weighted by molar-refractivity contribution is 5.35. The van der Waals surface area contributed by atoms with Crippen LogP contribution in [-0.4, -0.2) is 0 Å². The molecule has 2 aromatic rings. The third kappa shape index (κ3) is 4.04. The molecule has 0 amide bonds. The fourth-order valence-corrected chi connectivity index (χ4v) is 2.19.